The van der Waals surface area contributed by atoms with Crippen LogP contribution in [-0.4, -0.2) is 33.0 Å². The molecule has 0 spiro atoms. The number of aliphatic hydroxyl groups excluding tert-OH is 1. The van der Waals surface area contributed by atoms with Gasteiger partial charge in [0.1, 0.15) is 0 Å². The molecule has 0 aliphatic heterocycles. The molecule has 0 bridgehead atoms. The Morgan fingerprint density at radius 3 is 2.48 bits per heavy atom. The molecular formula is C17H24Cl2O4. The molecule has 0 amide bonds. The zero-order valence-corrected chi connectivity index (χ0v) is 14.8. The van der Waals surface area contributed by atoms with Crippen LogP contribution in [0.2, 0.25) is 10.0 Å². The van der Waals surface area contributed by atoms with Crippen molar-refractivity contribution in [3.05, 3.63) is 33.8 Å². The van der Waals surface area contributed by atoms with Gasteiger partial charge in [0.2, 0.25) is 0 Å². The van der Waals surface area contributed by atoms with Gasteiger partial charge in [0.25, 0.3) is 0 Å². The first-order valence-electron chi connectivity index (χ1n) is 7.80. The first-order chi connectivity index (χ1) is 10.7. The van der Waals surface area contributed by atoms with Gasteiger partial charge in [0.05, 0.1) is 6.10 Å². The van der Waals surface area contributed by atoms with Gasteiger partial charge in [-0.1, -0.05) is 48.5 Å². The van der Waals surface area contributed by atoms with Crippen LogP contribution >= 0.6 is 23.2 Å². The third-order valence-corrected chi connectivity index (χ3v) is 4.43. The molecule has 0 fully saturated rings. The summed E-state index contributed by atoms with van der Waals surface area (Å²) in [6.07, 6.45) is 4.15. The maximum absolute atomic E-state index is 10.8. The Bertz CT molecular complexity index is 517. The summed E-state index contributed by atoms with van der Waals surface area (Å²) in [7, 11) is 0. The third kappa shape index (κ3) is 7.53. The third-order valence-electron chi connectivity index (χ3n) is 3.84. The molecule has 130 valence electrons. The van der Waals surface area contributed by atoms with E-state index in [4.69, 9.17) is 28.3 Å². The molecule has 6 heteroatoms. The Labute approximate surface area is 147 Å². The lowest BCUT2D eigenvalue weighted by Gasteiger charge is -2.21. The number of carbonyl (C=O) groups is 1. The second kappa shape index (κ2) is 9.48. The van der Waals surface area contributed by atoms with Gasteiger partial charge in [-0.05, 0) is 43.9 Å². The van der Waals surface area contributed by atoms with Crippen LogP contribution in [0.3, 0.4) is 0 Å². The molecule has 0 aromatic heterocycles. The topological polar surface area (TPSA) is 77.8 Å². The standard InChI is InChI=1S/C17H24Cl2O4/c1-17(23,16(21)22)11-14(20)7-5-3-2-4-6-12-8-9-13(18)10-15(12)19/h8-10,14,20,23H,2-7,11H2,1H3,(H,21,22)/t14-,17+/m0/s1. The van der Waals surface area contributed by atoms with Crippen molar-refractivity contribution < 1.29 is 20.1 Å². The van der Waals surface area contributed by atoms with E-state index in [2.05, 4.69) is 0 Å². The zero-order chi connectivity index (χ0) is 17.5. The lowest BCUT2D eigenvalue weighted by atomic mass is 9.95. The Kier molecular flexibility index (Phi) is 8.34. The number of halogens is 2. The van der Waals surface area contributed by atoms with Crippen molar-refractivity contribution in [2.45, 2.75) is 63.6 Å². The van der Waals surface area contributed by atoms with E-state index in [1.807, 2.05) is 12.1 Å². The Hall–Kier alpha value is -0.810. The zero-order valence-electron chi connectivity index (χ0n) is 13.3. The molecule has 1 aromatic carbocycles. The number of hydrogen-bond donors (Lipinski definition) is 3. The quantitative estimate of drug-likeness (QED) is 0.548. The number of unbranched alkanes of at least 4 members (excludes halogenated alkanes) is 3. The number of carboxylic acids is 1. The van der Waals surface area contributed by atoms with Gasteiger partial charge in [-0.3, -0.25) is 0 Å². The van der Waals surface area contributed by atoms with Crippen molar-refractivity contribution in [1.82, 2.24) is 0 Å². The van der Waals surface area contributed by atoms with Gasteiger partial charge in [0, 0.05) is 16.5 Å². The maximum atomic E-state index is 10.8. The fourth-order valence-corrected chi connectivity index (χ4v) is 2.92. The van der Waals surface area contributed by atoms with E-state index < -0.39 is 17.7 Å². The highest BCUT2D eigenvalue weighted by molar-refractivity contribution is 6.35. The molecule has 3 N–H and O–H groups in total. The highest BCUT2D eigenvalue weighted by Gasteiger charge is 2.32. The number of aliphatic hydroxyl groups is 2. The van der Waals surface area contributed by atoms with Crippen LogP contribution in [0.25, 0.3) is 0 Å². The summed E-state index contributed by atoms with van der Waals surface area (Å²) in [6, 6.07) is 5.50. The predicted octanol–water partition coefficient (Wildman–Crippen LogP) is 4.07. The van der Waals surface area contributed by atoms with E-state index in [0.29, 0.717) is 16.5 Å². The molecule has 0 saturated heterocycles. The number of carboxylic acid groups (broad SMARTS) is 1. The molecule has 0 aliphatic carbocycles. The average Bonchev–Trinajstić information content (AvgIpc) is 2.43. The van der Waals surface area contributed by atoms with Gasteiger partial charge in [-0.25, -0.2) is 4.79 Å². The van der Waals surface area contributed by atoms with Crippen molar-refractivity contribution in [2.24, 2.45) is 0 Å². The summed E-state index contributed by atoms with van der Waals surface area (Å²) in [5, 5.41) is 29.5. The van der Waals surface area contributed by atoms with Crippen LogP contribution in [0.5, 0.6) is 0 Å². The lowest BCUT2D eigenvalue weighted by molar-refractivity contribution is -0.159. The highest BCUT2D eigenvalue weighted by Crippen LogP contribution is 2.23. The second-order valence-corrected chi connectivity index (χ2v) is 6.97. The fraction of sp³-hybridized carbons (Fsp3) is 0.588. The van der Waals surface area contributed by atoms with Gasteiger partial charge in [-0.2, -0.15) is 0 Å². The SMILES string of the molecule is C[C@@](O)(C[C@@H](O)CCCCCCc1ccc(Cl)cc1Cl)C(=O)O. The number of aliphatic carboxylic acids is 1. The smallest absolute Gasteiger partial charge is 0.335 e. The van der Waals surface area contributed by atoms with E-state index in [-0.39, 0.29) is 6.42 Å². The molecule has 23 heavy (non-hydrogen) atoms. The van der Waals surface area contributed by atoms with Crippen molar-refractivity contribution >= 4 is 29.2 Å². The maximum Gasteiger partial charge on any atom is 0.335 e. The first-order valence-corrected chi connectivity index (χ1v) is 8.56. The minimum Gasteiger partial charge on any atom is -0.479 e. The van der Waals surface area contributed by atoms with Crippen molar-refractivity contribution in [3.63, 3.8) is 0 Å². The molecule has 0 heterocycles. The molecule has 0 unspecified atom stereocenters. The van der Waals surface area contributed by atoms with E-state index in [0.717, 1.165) is 37.7 Å². The minimum atomic E-state index is -1.87. The highest BCUT2D eigenvalue weighted by atomic mass is 35.5. The Morgan fingerprint density at radius 2 is 1.87 bits per heavy atom. The summed E-state index contributed by atoms with van der Waals surface area (Å²) < 4.78 is 0. The lowest BCUT2D eigenvalue weighted by Crippen LogP contribution is -2.38. The van der Waals surface area contributed by atoms with E-state index in [9.17, 15) is 15.0 Å². The van der Waals surface area contributed by atoms with Crippen LogP contribution in [0.4, 0.5) is 0 Å². The molecule has 0 saturated carbocycles. The molecule has 2 atom stereocenters. The van der Waals surface area contributed by atoms with Crippen molar-refractivity contribution in [3.8, 4) is 0 Å². The van der Waals surface area contributed by atoms with Gasteiger partial charge in [0.15, 0.2) is 5.60 Å². The molecule has 0 aliphatic rings. The summed E-state index contributed by atoms with van der Waals surface area (Å²) in [5.74, 6) is -1.31. The molecule has 4 nitrogen and oxygen atoms in total. The normalized spacial score (nSPS) is 15.2. The van der Waals surface area contributed by atoms with Crippen LogP contribution in [0.1, 0.15) is 51.0 Å². The largest absolute Gasteiger partial charge is 0.479 e. The molecule has 0 radical (unpaired) electrons. The number of hydrogen-bond acceptors (Lipinski definition) is 3. The average molecular weight is 363 g/mol. The van der Waals surface area contributed by atoms with E-state index in [1.54, 1.807) is 6.07 Å². The summed E-state index contributed by atoms with van der Waals surface area (Å²) in [4.78, 5) is 10.8. The van der Waals surface area contributed by atoms with Crippen LogP contribution in [0.15, 0.2) is 18.2 Å². The number of rotatable bonds is 10. The van der Waals surface area contributed by atoms with Gasteiger partial charge < -0.3 is 15.3 Å². The fourth-order valence-electron chi connectivity index (χ4n) is 2.42. The summed E-state index contributed by atoms with van der Waals surface area (Å²) >= 11 is 12.0. The Balaban J connectivity index is 2.17. The van der Waals surface area contributed by atoms with E-state index >= 15 is 0 Å². The summed E-state index contributed by atoms with van der Waals surface area (Å²) in [6.45, 7) is 1.20. The molecular weight excluding hydrogens is 339 g/mol. The first kappa shape index (κ1) is 20.2. The molecule has 1 aromatic rings. The number of benzene rings is 1. The van der Waals surface area contributed by atoms with Gasteiger partial charge >= 0.3 is 5.97 Å². The van der Waals surface area contributed by atoms with E-state index in [1.165, 1.54) is 6.92 Å². The van der Waals surface area contributed by atoms with Gasteiger partial charge in [-0.15, -0.1) is 0 Å². The predicted molar refractivity (Wildman–Crippen MR) is 92.1 cm³/mol. The summed E-state index contributed by atoms with van der Waals surface area (Å²) in [5.41, 5.74) is -0.793. The van der Waals surface area contributed by atoms with Crippen molar-refractivity contribution in [2.75, 3.05) is 0 Å². The molecule has 1 rings (SSSR count). The van der Waals surface area contributed by atoms with Crippen LogP contribution in [-0.2, 0) is 11.2 Å². The minimum absolute atomic E-state index is 0.150. The Morgan fingerprint density at radius 1 is 1.22 bits per heavy atom. The van der Waals surface area contributed by atoms with Crippen molar-refractivity contribution in [1.29, 1.82) is 0 Å². The number of aryl methyl sites for hydroxylation is 1. The second-order valence-electron chi connectivity index (χ2n) is 6.13. The van der Waals surface area contributed by atoms with Crippen LogP contribution < -0.4 is 0 Å². The monoisotopic (exact) mass is 362 g/mol. The van der Waals surface area contributed by atoms with Crippen LogP contribution in [0, 0.1) is 0 Å².